The molecule has 0 atom stereocenters. The lowest BCUT2D eigenvalue weighted by molar-refractivity contribution is -0.0509. The second-order valence-corrected chi connectivity index (χ2v) is 6.60. The highest BCUT2D eigenvalue weighted by Crippen LogP contribution is 2.20. The van der Waals surface area contributed by atoms with Gasteiger partial charge in [-0.05, 0) is 54.6 Å². The van der Waals surface area contributed by atoms with Crippen molar-refractivity contribution in [1.82, 2.24) is 0 Å². The fraction of sp³-hybridized carbons (Fsp3) is 0.125. The zero-order chi connectivity index (χ0) is 29.5. The van der Waals surface area contributed by atoms with E-state index < -0.39 is 37.7 Å². The number of halogens is 6. The monoisotopic (exact) mass is 564 g/mol. The number of alkyl halides is 6. The first-order valence-corrected chi connectivity index (χ1v) is 10.1. The van der Waals surface area contributed by atoms with Crippen LogP contribution in [-0.2, 0) is 0 Å². The summed E-state index contributed by atoms with van der Waals surface area (Å²) < 4.78 is 82.2. The molecule has 0 saturated carbocycles. The van der Waals surface area contributed by atoms with Crippen LogP contribution in [-0.4, -0.2) is 53.1 Å². The van der Waals surface area contributed by atoms with Crippen molar-refractivity contribution in [1.29, 1.82) is 0 Å². The SMILES string of the molecule is O=C(O)c1ccc(OC(F)F)cc1.O=C(O)c1cccc(OC(F)F)c1.O=C(O)c1ccccc1OC(F)F. The van der Waals surface area contributed by atoms with Gasteiger partial charge in [-0.2, -0.15) is 26.3 Å². The molecular weight excluding hydrogens is 546 g/mol. The Morgan fingerprint density at radius 2 is 1.05 bits per heavy atom. The Morgan fingerprint density at radius 1 is 0.538 bits per heavy atom. The van der Waals surface area contributed by atoms with Crippen molar-refractivity contribution in [2.75, 3.05) is 0 Å². The lowest BCUT2D eigenvalue weighted by atomic mass is 10.2. The third kappa shape index (κ3) is 12.7. The van der Waals surface area contributed by atoms with Crippen LogP contribution in [0, 0.1) is 0 Å². The van der Waals surface area contributed by atoms with E-state index in [-0.39, 0.29) is 33.9 Å². The van der Waals surface area contributed by atoms with Gasteiger partial charge in [-0.1, -0.05) is 18.2 Å². The van der Waals surface area contributed by atoms with E-state index in [9.17, 15) is 40.7 Å². The highest BCUT2D eigenvalue weighted by Gasteiger charge is 2.13. The number of aromatic carboxylic acids is 3. The van der Waals surface area contributed by atoms with Crippen LogP contribution in [0.5, 0.6) is 17.2 Å². The number of carbonyl (C=O) groups is 3. The Labute approximate surface area is 215 Å². The van der Waals surface area contributed by atoms with Crippen molar-refractivity contribution in [2.24, 2.45) is 0 Å². The molecule has 0 unspecified atom stereocenters. The van der Waals surface area contributed by atoms with Crippen LogP contribution >= 0.6 is 0 Å². The van der Waals surface area contributed by atoms with Crippen LogP contribution in [0.4, 0.5) is 26.3 Å². The molecule has 39 heavy (non-hydrogen) atoms. The average Bonchev–Trinajstić information content (AvgIpc) is 2.84. The average molecular weight is 564 g/mol. The topological polar surface area (TPSA) is 140 Å². The number of carboxylic acid groups (broad SMARTS) is 3. The van der Waals surface area contributed by atoms with E-state index in [2.05, 4.69) is 14.2 Å². The van der Waals surface area contributed by atoms with Crippen molar-refractivity contribution in [3.05, 3.63) is 89.5 Å². The van der Waals surface area contributed by atoms with Gasteiger partial charge >= 0.3 is 37.7 Å². The summed E-state index contributed by atoms with van der Waals surface area (Å²) in [4.78, 5) is 31.2. The highest BCUT2D eigenvalue weighted by atomic mass is 19.3. The Hall–Kier alpha value is -4.95. The molecule has 0 amide bonds. The first kappa shape index (κ1) is 32.1. The maximum absolute atomic E-state index is 11.7. The zero-order valence-electron chi connectivity index (χ0n) is 19.2. The molecule has 3 N–H and O–H groups in total. The minimum atomic E-state index is -3.01. The van der Waals surface area contributed by atoms with E-state index in [0.29, 0.717) is 0 Å². The number of hydrogen-bond acceptors (Lipinski definition) is 6. The van der Waals surface area contributed by atoms with Crippen molar-refractivity contribution in [2.45, 2.75) is 19.8 Å². The predicted octanol–water partition coefficient (Wildman–Crippen LogP) is 5.96. The number of carboxylic acids is 3. The molecule has 0 spiro atoms. The maximum Gasteiger partial charge on any atom is 0.387 e. The molecule has 0 aliphatic heterocycles. The van der Waals surface area contributed by atoms with Gasteiger partial charge < -0.3 is 29.5 Å². The van der Waals surface area contributed by atoms with E-state index in [0.717, 1.165) is 6.07 Å². The van der Waals surface area contributed by atoms with Gasteiger partial charge in [-0.15, -0.1) is 0 Å². The van der Waals surface area contributed by atoms with E-state index in [4.69, 9.17) is 15.3 Å². The minimum Gasteiger partial charge on any atom is -0.478 e. The molecule has 0 heterocycles. The summed E-state index contributed by atoms with van der Waals surface area (Å²) in [5.74, 6) is -4.13. The second kappa shape index (κ2) is 16.0. The molecule has 3 rings (SSSR count). The third-order valence-electron chi connectivity index (χ3n) is 3.97. The van der Waals surface area contributed by atoms with E-state index >= 15 is 0 Å². The molecule has 3 aromatic carbocycles. The number of para-hydroxylation sites is 1. The van der Waals surface area contributed by atoms with Crippen molar-refractivity contribution in [3.63, 3.8) is 0 Å². The summed E-state index contributed by atoms with van der Waals surface area (Å²) in [6.45, 7) is -8.85. The number of rotatable bonds is 9. The first-order valence-electron chi connectivity index (χ1n) is 10.1. The molecular formula is C24H18F6O9. The Balaban J connectivity index is 0.000000292. The molecule has 0 aliphatic rings. The van der Waals surface area contributed by atoms with Crippen LogP contribution in [0.1, 0.15) is 31.1 Å². The fourth-order valence-corrected chi connectivity index (χ4v) is 2.43. The molecule has 15 heteroatoms. The lowest BCUT2D eigenvalue weighted by Gasteiger charge is -2.06. The second-order valence-electron chi connectivity index (χ2n) is 6.60. The van der Waals surface area contributed by atoms with E-state index in [1.807, 2.05) is 0 Å². The first-order chi connectivity index (χ1) is 18.3. The molecule has 0 aromatic heterocycles. The van der Waals surface area contributed by atoms with Crippen LogP contribution in [0.15, 0.2) is 72.8 Å². The molecule has 0 bridgehead atoms. The van der Waals surface area contributed by atoms with Crippen molar-refractivity contribution >= 4 is 17.9 Å². The fourth-order valence-electron chi connectivity index (χ4n) is 2.43. The normalized spacial score (nSPS) is 10.1. The number of benzene rings is 3. The smallest absolute Gasteiger partial charge is 0.387 e. The van der Waals surface area contributed by atoms with Gasteiger partial charge in [0.15, 0.2) is 0 Å². The minimum absolute atomic E-state index is 0.0293. The summed E-state index contributed by atoms with van der Waals surface area (Å²) in [6, 6.07) is 14.9. The van der Waals surface area contributed by atoms with Crippen molar-refractivity contribution in [3.8, 4) is 17.2 Å². The molecule has 3 aromatic rings. The van der Waals surface area contributed by atoms with Gasteiger partial charge in [-0.25, -0.2) is 14.4 Å². The molecule has 0 fully saturated rings. The van der Waals surface area contributed by atoms with Gasteiger partial charge in [0.25, 0.3) is 0 Å². The summed E-state index contributed by atoms with van der Waals surface area (Å²) in [5, 5.41) is 25.5. The van der Waals surface area contributed by atoms with Gasteiger partial charge in [0.2, 0.25) is 0 Å². The summed E-state index contributed by atoms with van der Waals surface area (Å²) in [6.07, 6.45) is 0. The predicted molar refractivity (Wildman–Crippen MR) is 120 cm³/mol. The molecule has 210 valence electrons. The number of ether oxygens (including phenoxy) is 3. The molecule has 0 saturated heterocycles. The summed E-state index contributed by atoms with van der Waals surface area (Å²) in [5.41, 5.74) is -0.331. The molecule has 9 nitrogen and oxygen atoms in total. The third-order valence-corrected chi connectivity index (χ3v) is 3.97. The van der Waals surface area contributed by atoms with Crippen molar-refractivity contribution < 1.29 is 70.3 Å². The van der Waals surface area contributed by atoms with Crippen LogP contribution in [0.3, 0.4) is 0 Å². The Morgan fingerprint density at radius 3 is 1.54 bits per heavy atom. The van der Waals surface area contributed by atoms with E-state index in [1.54, 1.807) is 0 Å². The lowest BCUT2D eigenvalue weighted by Crippen LogP contribution is -2.07. The maximum atomic E-state index is 11.7. The molecule has 0 radical (unpaired) electrons. The van der Waals surface area contributed by atoms with Gasteiger partial charge in [0.05, 0.1) is 11.1 Å². The van der Waals surface area contributed by atoms with E-state index in [1.165, 1.54) is 66.7 Å². The number of hydrogen-bond donors (Lipinski definition) is 3. The standard InChI is InChI=1S/3C8H6F2O3/c9-8(10)13-6-3-1-5(2-4-6)7(11)12;9-8(10)13-6-3-1-2-5(4-6)7(11)12;9-8(10)13-6-4-2-1-3-5(6)7(11)12/h3*1-4,8H,(H,11,12). The highest BCUT2D eigenvalue weighted by molar-refractivity contribution is 5.90. The Kier molecular flexibility index (Phi) is 13.2. The quantitative estimate of drug-likeness (QED) is 0.269. The molecule has 0 aliphatic carbocycles. The zero-order valence-corrected chi connectivity index (χ0v) is 19.2. The van der Waals surface area contributed by atoms with Gasteiger partial charge in [0, 0.05) is 0 Å². The van der Waals surface area contributed by atoms with Gasteiger partial charge in [0.1, 0.15) is 22.8 Å². The van der Waals surface area contributed by atoms with Crippen LogP contribution in [0.25, 0.3) is 0 Å². The van der Waals surface area contributed by atoms with Crippen LogP contribution < -0.4 is 14.2 Å². The van der Waals surface area contributed by atoms with Gasteiger partial charge in [-0.3, -0.25) is 0 Å². The summed E-state index contributed by atoms with van der Waals surface area (Å²) in [7, 11) is 0. The van der Waals surface area contributed by atoms with Crippen LogP contribution in [0.2, 0.25) is 0 Å². The summed E-state index contributed by atoms with van der Waals surface area (Å²) >= 11 is 0. The largest absolute Gasteiger partial charge is 0.478 e. The Bertz CT molecular complexity index is 1220.